The highest BCUT2D eigenvalue weighted by Gasteiger charge is 2.23. The maximum Gasteiger partial charge on any atom is 0.0558 e. The van der Waals surface area contributed by atoms with Crippen molar-refractivity contribution < 1.29 is 5.11 Å². The number of aliphatic hydroxyl groups excluding tert-OH is 1. The summed E-state index contributed by atoms with van der Waals surface area (Å²) in [7, 11) is 2.05. The van der Waals surface area contributed by atoms with Crippen molar-refractivity contribution in [2.45, 2.75) is 18.8 Å². The molecule has 0 heterocycles. The van der Waals surface area contributed by atoms with Crippen molar-refractivity contribution in [3.63, 3.8) is 0 Å². The molecule has 1 aliphatic carbocycles. The van der Waals surface area contributed by atoms with Crippen molar-refractivity contribution in [2.75, 3.05) is 26.7 Å². The zero-order valence-electron chi connectivity index (χ0n) is 9.62. The quantitative estimate of drug-likeness (QED) is 0.872. The first-order valence-electron chi connectivity index (χ1n) is 5.78. The zero-order chi connectivity index (χ0) is 11.5. The van der Waals surface area contributed by atoms with E-state index in [1.54, 1.807) is 0 Å². The van der Waals surface area contributed by atoms with Gasteiger partial charge in [0.25, 0.3) is 0 Å². The Kier molecular flexibility index (Phi) is 3.85. The van der Waals surface area contributed by atoms with Gasteiger partial charge in [0.1, 0.15) is 0 Å². The van der Waals surface area contributed by atoms with Gasteiger partial charge < -0.3 is 10.0 Å². The van der Waals surface area contributed by atoms with Crippen LogP contribution in [0.5, 0.6) is 0 Å². The van der Waals surface area contributed by atoms with Gasteiger partial charge in [-0.2, -0.15) is 0 Å². The van der Waals surface area contributed by atoms with Crippen LogP contribution in [-0.4, -0.2) is 36.8 Å². The van der Waals surface area contributed by atoms with E-state index in [4.69, 9.17) is 16.7 Å². The van der Waals surface area contributed by atoms with Gasteiger partial charge >= 0.3 is 0 Å². The first-order valence-corrected chi connectivity index (χ1v) is 6.16. The summed E-state index contributed by atoms with van der Waals surface area (Å²) < 4.78 is 0. The van der Waals surface area contributed by atoms with Gasteiger partial charge in [0, 0.05) is 18.1 Å². The molecular formula is C13H18ClNO. The third kappa shape index (κ3) is 2.57. The molecule has 1 N–H and O–H groups in total. The van der Waals surface area contributed by atoms with Crippen LogP contribution in [0.4, 0.5) is 0 Å². The summed E-state index contributed by atoms with van der Waals surface area (Å²) in [6, 6.07) is 6.21. The molecule has 0 saturated carbocycles. The van der Waals surface area contributed by atoms with E-state index >= 15 is 0 Å². The Bertz CT molecular complexity index is 367. The molecule has 0 spiro atoms. The summed E-state index contributed by atoms with van der Waals surface area (Å²) in [5, 5.41) is 9.72. The molecule has 0 fully saturated rings. The van der Waals surface area contributed by atoms with Crippen molar-refractivity contribution in [3.8, 4) is 0 Å². The van der Waals surface area contributed by atoms with Crippen LogP contribution in [0.15, 0.2) is 18.2 Å². The number of nitrogens with zero attached hydrogens (tertiary/aromatic N) is 1. The number of rotatable bonds is 4. The molecule has 0 aliphatic heterocycles. The third-order valence-corrected chi connectivity index (χ3v) is 3.56. The first-order chi connectivity index (χ1) is 7.70. The molecule has 1 unspecified atom stereocenters. The summed E-state index contributed by atoms with van der Waals surface area (Å²) in [5.74, 6) is 0.574. The molecule has 1 atom stereocenters. The smallest absolute Gasteiger partial charge is 0.0558 e. The van der Waals surface area contributed by atoms with Crippen LogP contribution in [0.3, 0.4) is 0 Å². The van der Waals surface area contributed by atoms with E-state index < -0.39 is 0 Å². The number of benzene rings is 1. The molecule has 1 aliphatic rings. The topological polar surface area (TPSA) is 23.5 Å². The molecule has 2 rings (SSSR count). The lowest BCUT2D eigenvalue weighted by Crippen LogP contribution is -2.26. The van der Waals surface area contributed by atoms with Gasteiger partial charge in [-0.05, 0) is 49.1 Å². The minimum atomic E-state index is 0.228. The number of hydrogen-bond acceptors (Lipinski definition) is 2. The summed E-state index contributed by atoms with van der Waals surface area (Å²) in [6.45, 7) is 1.98. The molecule has 88 valence electrons. The van der Waals surface area contributed by atoms with E-state index in [0.29, 0.717) is 5.92 Å². The lowest BCUT2D eigenvalue weighted by Gasteiger charge is -2.20. The highest BCUT2D eigenvalue weighted by molar-refractivity contribution is 6.30. The predicted octanol–water partition coefficient (Wildman–Crippen LogP) is 2.29. The van der Waals surface area contributed by atoms with E-state index in [-0.39, 0.29) is 6.61 Å². The summed E-state index contributed by atoms with van der Waals surface area (Å²) in [5.41, 5.74) is 2.84. The van der Waals surface area contributed by atoms with Crippen LogP contribution in [0.1, 0.15) is 23.5 Å². The van der Waals surface area contributed by atoms with Gasteiger partial charge in [0.2, 0.25) is 0 Å². The average molecular weight is 240 g/mol. The predicted molar refractivity (Wildman–Crippen MR) is 67.1 cm³/mol. The van der Waals surface area contributed by atoms with Crippen molar-refractivity contribution in [2.24, 2.45) is 0 Å². The van der Waals surface area contributed by atoms with Crippen molar-refractivity contribution in [3.05, 3.63) is 34.3 Å². The molecule has 1 aromatic rings. The third-order valence-electron chi connectivity index (χ3n) is 3.32. The molecule has 2 nitrogen and oxygen atoms in total. The fourth-order valence-corrected chi connectivity index (χ4v) is 2.67. The van der Waals surface area contributed by atoms with E-state index in [2.05, 4.69) is 24.1 Å². The summed E-state index contributed by atoms with van der Waals surface area (Å²) in [4.78, 5) is 2.18. The minimum absolute atomic E-state index is 0.228. The van der Waals surface area contributed by atoms with Gasteiger partial charge in [0.05, 0.1) is 6.61 Å². The standard InChI is InChI=1S/C13H18ClNO/c1-15(6-7-16)9-11-3-2-10-4-5-12(14)8-13(10)11/h4-5,8,11,16H,2-3,6-7,9H2,1H3. The van der Waals surface area contributed by atoms with Crippen LogP contribution in [0.25, 0.3) is 0 Å². The van der Waals surface area contributed by atoms with Crippen molar-refractivity contribution >= 4 is 11.6 Å². The molecule has 1 aromatic carbocycles. The fraction of sp³-hybridized carbons (Fsp3) is 0.538. The number of hydrogen-bond donors (Lipinski definition) is 1. The maximum atomic E-state index is 8.89. The van der Waals surface area contributed by atoms with E-state index in [1.165, 1.54) is 17.5 Å². The maximum absolute atomic E-state index is 8.89. The Labute approximate surface area is 102 Å². The lowest BCUT2D eigenvalue weighted by molar-refractivity contribution is 0.214. The molecule has 0 amide bonds. The molecule has 0 bridgehead atoms. The molecule has 0 saturated heterocycles. The highest BCUT2D eigenvalue weighted by Crippen LogP contribution is 2.35. The zero-order valence-corrected chi connectivity index (χ0v) is 10.4. The first kappa shape index (κ1) is 11.9. The van der Waals surface area contributed by atoms with Crippen LogP contribution in [0.2, 0.25) is 5.02 Å². The van der Waals surface area contributed by atoms with Crippen LogP contribution in [0, 0.1) is 0 Å². The van der Waals surface area contributed by atoms with Crippen LogP contribution >= 0.6 is 11.6 Å². The number of likely N-dealkylation sites (N-methyl/N-ethyl adjacent to an activating group) is 1. The van der Waals surface area contributed by atoms with Gasteiger partial charge in [0.15, 0.2) is 0 Å². The van der Waals surface area contributed by atoms with Crippen LogP contribution in [-0.2, 0) is 6.42 Å². The summed E-state index contributed by atoms with van der Waals surface area (Å²) >= 11 is 6.03. The number of aliphatic hydroxyl groups is 1. The number of halogens is 1. The Morgan fingerprint density at radius 2 is 2.31 bits per heavy atom. The minimum Gasteiger partial charge on any atom is -0.395 e. The average Bonchev–Trinajstić information content (AvgIpc) is 2.61. The Balaban J connectivity index is 2.08. The monoisotopic (exact) mass is 239 g/mol. The van der Waals surface area contributed by atoms with Gasteiger partial charge in [-0.25, -0.2) is 0 Å². The van der Waals surface area contributed by atoms with Crippen molar-refractivity contribution in [1.82, 2.24) is 4.90 Å². The van der Waals surface area contributed by atoms with Gasteiger partial charge in [-0.3, -0.25) is 0 Å². The molecule has 16 heavy (non-hydrogen) atoms. The molecule has 3 heteroatoms. The number of fused-ring (bicyclic) bond motifs is 1. The van der Waals surface area contributed by atoms with Crippen LogP contribution < -0.4 is 0 Å². The second-order valence-corrected chi connectivity index (χ2v) is 5.00. The second kappa shape index (κ2) is 5.17. The normalized spacial score (nSPS) is 19.1. The number of aryl methyl sites for hydroxylation is 1. The lowest BCUT2D eigenvalue weighted by atomic mass is 10.0. The van der Waals surface area contributed by atoms with Gasteiger partial charge in [-0.1, -0.05) is 17.7 Å². The SMILES string of the molecule is CN(CCO)CC1CCc2ccc(Cl)cc21. The Hall–Kier alpha value is -0.570. The van der Waals surface area contributed by atoms with Crippen molar-refractivity contribution in [1.29, 1.82) is 0 Å². The van der Waals surface area contributed by atoms with E-state index in [0.717, 1.165) is 24.5 Å². The Morgan fingerprint density at radius 3 is 3.06 bits per heavy atom. The Morgan fingerprint density at radius 1 is 1.50 bits per heavy atom. The van der Waals surface area contributed by atoms with E-state index in [9.17, 15) is 0 Å². The fourth-order valence-electron chi connectivity index (χ4n) is 2.49. The molecule has 0 aromatic heterocycles. The van der Waals surface area contributed by atoms with E-state index in [1.807, 2.05) is 6.07 Å². The molecule has 0 radical (unpaired) electrons. The summed E-state index contributed by atoms with van der Waals surface area (Å²) in [6.07, 6.45) is 2.36. The highest BCUT2D eigenvalue weighted by atomic mass is 35.5. The molecular weight excluding hydrogens is 222 g/mol. The second-order valence-electron chi connectivity index (χ2n) is 4.56. The largest absolute Gasteiger partial charge is 0.395 e. The van der Waals surface area contributed by atoms with Gasteiger partial charge in [-0.15, -0.1) is 0 Å².